The maximum Gasteiger partial charge on any atom is 0.166 e. The number of hydrogen-bond acceptors (Lipinski definition) is 3. The molecule has 0 spiro atoms. The van der Waals surface area contributed by atoms with Gasteiger partial charge in [0.25, 0.3) is 0 Å². The smallest absolute Gasteiger partial charge is 0.166 e. The monoisotopic (exact) mass is 316 g/mol. The molecule has 1 atom stereocenters. The second kappa shape index (κ2) is 9.02. The molecule has 0 unspecified atom stereocenters. The molecule has 0 saturated carbocycles. The van der Waals surface area contributed by atoms with Gasteiger partial charge in [-0.25, -0.2) is 4.39 Å². The molecule has 6 heteroatoms. The summed E-state index contributed by atoms with van der Waals surface area (Å²) in [6.07, 6.45) is 3.14. The van der Waals surface area contributed by atoms with Crippen molar-refractivity contribution in [3.63, 3.8) is 0 Å². The van der Waals surface area contributed by atoms with Crippen molar-refractivity contribution in [1.82, 2.24) is 10.6 Å². The van der Waals surface area contributed by atoms with Crippen LogP contribution >= 0.6 is 24.0 Å². The Hall–Kier alpha value is -1.01. The minimum atomic E-state index is -0.363. The van der Waals surface area contributed by atoms with Gasteiger partial charge in [0, 0.05) is 6.54 Å². The fraction of sp³-hybridized carbons (Fsp3) is 0.500. The van der Waals surface area contributed by atoms with E-state index < -0.39 is 0 Å². The Bertz CT molecular complexity index is 443. The van der Waals surface area contributed by atoms with Crippen LogP contribution in [0.4, 0.5) is 4.39 Å². The third kappa shape index (κ3) is 5.54. The van der Waals surface area contributed by atoms with Crippen LogP contribution in [0.15, 0.2) is 18.2 Å². The predicted octanol–water partition coefficient (Wildman–Crippen LogP) is 3.11. The minimum Gasteiger partial charge on any atom is -0.494 e. The summed E-state index contributed by atoms with van der Waals surface area (Å²) in [5, 5.41) is 6.88. The lowest BCUT2D eigenvalue weighted by Gasteiger charge is -2.18. The number of methoxy groups -OCH3 is 1. The molecule has 0 fully saturated rings. The van der Waals surface area contributed by atoms with Crippen molar-refractivity contribution in [1.29, 1.82) is 0 Å². The van der Waals surface area contributed by atoms with E-state index in [0.717, 1.165) is 24.3 Å². The summed E-state index contributed by atoms with van der Waals surface area (Å²) in [5.74, 6) is 0.991. The zero-order valence-electron chi connectivity index (χ0n) is 12.0. The molecule has 0 bridgehead atoms. The third-order valence-corrected chi connectivity index (χ3v) is 3.79. The van der Waals surface area contributed by atoms with Crippen LogP contribution in [0, 0.1) is 5.82 Å². The molecular weight excluding hydrogens is 295 g/mol. The normalized spacial score (nSPS) is 11.8. The van der Waals surface area contributed by atoms with E-state index in [2.05, 4.69) is 16.9 Å². The molecule has 0 radical (unpaired) electrons. The van der Waals surface area contributed by atoms with Crippen LogP contribution in [0.2, 0.25) is 0 Å². The largest absolute Gasteiger partial charge is 0.494 e. The van der Waals surface area contributed by atoms with Gasteiger partial charge in [-0.15, -0.1) is 0 Å². The zero-order chi connectivity index (χ0) is 15.0. The van der Waals surface area contributed by atoms with Crippen LogP contribution in [-0.2, 0) is 0 Å². The first-order valence-electron chi connectivity index (χ1n) is 6.45. The Labute approximate surface area is 129 Å². The average molecular weight is 316 g/mol. The van der Waals surface area contributed by atoms with Crippen molar-refractivity contribution in [2.24, 2.45) is 0 Å². The standard InChI is InChI=1S/C14H21FN2OS2/c1-10(17-14(19)16-7-4-8-20-3)11-5-6-13(18-2)12(15)9-11/h5-6,9-10H,4,7-8H2,1-3H3,(H2,16,17,19)/t10-/m1/s1. The summed E-state index contributed by atoms with van der Waals surface area (Å²) in [5.41, 5.74) is 0.830. The minimum absolute atomic E-state index is 0.0593. The molecule has 0 heterocycles. The molecule has 2 N–H and O–H groups in total. The van der Waals surface area contributed by atoms with Crippen LogP contribution in [0.3, 0.4) is 0 Å². The average Bonchev–Trinajstić information content (AvgIpc) is 2.43. The number of thioether (sulfide) groups is 1. The number of benzene rings is 1. The van der Waals surface area contributed by atoms with Gasteiger partial charge < -0.3 is 15.4 Å². The number of hydrogen-bond donors (Lipinski definition) is 2. The quantitative estimate of drug-likeness (QED) is 0.597. The van der Waals surface area contributed by atoms with E-state index in [4.69, 9.17) is 17.0 Å². The van der Waals surface area contributed by atoms with Crippen molar-refractivity contribution in [3.8, 4) is 5.75 Å². The first kappa shape index (κ1) is 17.0. The first-order valence-corrected chi connectivity index (χ1v) is 8.25. The number of nitrogens with one attached hydrogen (secondary N) is 2. The van der Waals surface area contributed by atoms with Crippen molar-refractivity contribution >= 4 is 29.1 Å². The van der Waals surface area contributed by atoms with Crippen molar-refractivity contribution in [3.05, 3.63) is 29.6 Å². The number of rotatable bonds is 7. The lowest BCUT2D eigenvalue weighted by atomic mass is 10.1. The first-order chi connectivity index (χ1) is 9.58. The summed E-state index contributed by atoms with van der Waals surface area (Å²) >= 11 is 7.03. The van der Waals surface area contributed by atoms with Gasteiger partial charge in [0.2, 0.25) is 0 Å². The van der Waals surface area contributed by atoms with Gasteiger partial charge in [-0.2, -0.15) is 11.8 Å². The Morgan fingerprint density at radius 1 is 1.50 bits per heavy atom. The molecule has 1 aromatic rings. The van der Waals surface area contributed by atoms with E-state index in [-0.39, 0.29) is 17.6 Å². The Balaban J connectivity index is 2.47. The zero-order valence-corrected chi connectivity index (χ0v) is 13.7. The SMILES string of the molecule is COc1ccc([C@@H](C)NC(=S)NCCCSC)cc1F. The summed E-state index contributed by atoms with van der Waals surface area (Å²) < 4.78 is 18.5. The fourth-order valence-electron chi connectivity index (χ4n) is 1.70. The lowest BCUT2D eigenvalue weighted by molar-refractivity contribution is 0.386. The van der Waals surface area contributed by atoms with Gasteiger partial charge in [-0.1, -0.05) is 6.07 Å². The van der Waals surface area contributed by atoms with Crippen LogP contribution < -0.4 is 15.4 Å². The highest BCUT2D eigenvalue weighted by atomic mass is 32.2. The van der Waals surface area contributed by atoms with Crippen molar-refractivity contribution in [2.75, 3.05) is 25.7 Å². The highest BCUT2D eigenvalue weighted by Gasteiger charge is 2.10. The van der Waals surface area contributed by atoms with Gasteiger partial charge in [0.05, 0.1) is 13.2 Å². The Morgan fingerprint density at radius 2 is 2.25 bits per heavy atom. The molecule has 0 aliphatic rings. The van der Waals surface area contributed by atoms with E-state index in [9.17, 15) is 4.39 Å². The molecule has 0 saturated heterocycles. The predicted molar refractivity (Wildman–Crippen MR) is 88.1 cm³/mol. The molecule has 0 amide bonds. The Kier molecular flexibility index (Phi) is 7.69. The van der Waals surface area contributed by atoms with Crippen LogP contribution in [0.25, 0.3) is 0 Å². The van der Waals surface area contributed by atoms with E-state index >= 15 is 0 Å². The number of halogens is 1. The lowest BCUT2D eigenvalue weighted by Crippen LogP contribution is -2.37. The molecular formula is C14H21FN2OS2. The van der Waals surface area contributed by atoms with E-state index in [0.29, 0.717) is 5.11 Å². The summed E-state index contributed by atoms with van der Waals surface area (Å²) in [4.78, 5) is 0. The molecule has 0 aromatic heterocycles. The molecule has 20 heavy (non-hydrogen) atoms. The maximum absolute atomic E-state index is 13.6. The molecule has 112 valence electrons. The van der Waals surface area contributed by atoms with Gasteiger partial charge in [0.1, 0.15) is 0 Å². The highest BCUT2D eigenvalue weighted by Crippen LogP contribution is 2.21. The molecule has 1 aromatic carbocycles. The van der Waals surface area contributed by atoms with E-state index in [1.165, 1.54) is 13.2 Å². The van der Waals surface area contributed by atoms with Crippen LogP contribution in [-0.4, -0.2) is 30.8 Å². The molecule has 3 nitrogen and oxygen atoms in total. The summed E-state index contributed by atoms with van der Waals surface area (Å²) in [6, 6.07) is 4.86. The number of ether oxygens (including phenoxy) is 1. The summed E-state index contributed by atoms with van der Waals surface area (Å²) in [7, 11) is 1.45. The second-order valence-corrected chi connectivity index (χ2v) is 5.76. The van der Waals surface area contributed by atoms with E-state index in [1.807, 2.05) is 24.8 Å². The summed E-state index contributed by atoms with van der Waals surface area (Å²) in [6.45, 7) is 2.79. The van der Waals surface area contributed by atoms with Crippen molar-refractivity contribution in [2.45, 2.75) is 19.4 Å². The van der Waals surface area contributed by atoms with Gasteiger partial charge in [-0.3, -0.25) is 0 Å². The van der Waals surface area contributed by atoms with Crippen molar-refractivity contribution < 1.29 is 9.13 Å². The van der Waals surface area contributed by atoms with Crippen LogP contribution in [0.1, 0.15) is 24.9 Å². The second-order valence-electron chi connectivity index (χ2n) is 4.36. The topological polar surface area (TPSA) is 33.3 Å². The fourth-order valence-corrected chi connectivity index (χ4v) is 2.41. The molecule has 0 aliphatic carbocycles. The maximum atomic E-state index is 13.6. The third-order valence-electron chi connectivity index (χ3n) is 2.83. The van der Waals surface area contributed by atoms with Gasteiger partial charge in [-0.05, 0) is 55.3 Å². The molecule has 1 rings (SSSR count). The van der Waals surface area contributed by atoms with Crippen LogP contribution in [0.5, 0.6) is 5.75 Å². The molecule has 0 aliphatic heterocycles. The number of thiocarbonyl (C=S) groups is 1. The van der Waals surface area contributed by atoms with Gasteiger partial charge >= 0.3 is 0 Å². The van der Waals surface area contributed by atoms with E-state index in [1.54, 1.807) is 6.07 Å². The highest BCUT2D eigenvalue weighted by molar-refractivity contribution is 7.98. The Morgan fingerprint density at radius 3 is 2.85 bits per heavy atom. The van der Waals surface area contributed by atoms with Gasteiger partial charge in [0.15, 0.2) is 16.7 Å².